The van der Waals surface area contributed by atoms with Crippen LogP contribution in [0, 0.1) is 0 Å². The summed E-state index contributed by atoms with van der Waals surface area (Å²) in [6.07, 6.45) is -5.04. The number of benzene rings is 2. The largest absolute Gasteiger partial charge is 0.478 e. The maximum atomic E-state index is 13.2. The Morgan fingerprint density at radius 2 is 1.70 bits per heavy atom. The van der Waals surface area contributed by atoms with Crippen molar-refractivity contribution >= 4 is 35.2 Å². The van der Waals surface area contributed by atoms with Crippen LogP contribution in [0.1, 0.15) is 22.3 Å². The lowest BCUT2D eigenvalue weighted by molar-refractivity contribution is -0.137. The van der Waals surface area contributed by atoms with Gasteiger partial charge >= 0.3 is 12.1 Å². The Labute approximate surface area is 155 Å². The maximum Gasteiger partial charge on any atom is 0.418 e. The summed E-state index contributed by atoms with van der Waals surface area (Å²) < 4.78 is 39.7. The second-order valence-corrected chi connectivity index (χ2v) is 6.94. The summed E-state index contributed by atoms with van der Waals surface area (Å²) in [5.41, 5.74) is -1.64. The third kappa shape index (κ3) is 3.68. The second-order valence-electron chi connectivity index (χ2n) is 5.69. The quantitative estimate of drug-likeness (QED) is 0.797. The minimum absolute atomic E-state index is 0.0445. The number of para-hydroxylation sites is 1. The topological polar surface area (TPSA) is 74.7 Å². The van der Waals surface area contributed by atoms with Crippen LogP contribution in [0.5, 0.6) is 0 Å². The van der Waals surface area contributed by atoms with Crippen LogP contribution in [0.4, 0.5) is 18.9 Å². The van der Waals surface area contributed by atoms with Gasteiger partial charge in [-0.15, -0.1) is 11.8 Å². The van der Waals surface area contributed by atoms with Gasteiger partial charge in [-0.05, 0) is 24.3 Å². The molecule has 2 amide bonds. The lowest BCUT2D eigenvalue weighted by Crippen LogP contribution is -2.33. The molecule has 3 rings (SSSR count). The lowest BCUT2D eigenvalue weighted by atomic mass is 10.1. The van der Waals surface area contributed by atoms with Gasteiger partial charge in [0.2, 0.25) is 11.8 Å². The average Bonchev–Trinajstić information content (AvgIpc) is 2.88. The molecule has 0 spiro atoms. The van der Waals surface area contributed by atoms with E-state index in [0.29, 0.717) is 4.90 Å². The number of nitrogens with zero attached hydrogens (tertiary/aromatic N) is 1. The molecule has 0 radical (unpaired) electrons. The highest BCUT2D eigenvalue weighted by Gasteiger charge is 2.44. The highest BCUT2D eigenvalue weighted by Crippen LogP contribution is 2.41. The zero-order valence-electron chi connectivity index (χ0n) is 13.6. The Bertz CT molecular complexity index is 929. The van der Waals surface area contributed by atoms with E-state index in [0.717, 1.165) is 23.9 Å². The van der Waals surface area contributed by atoms with Crippen LogP contribution >= 0.6 is 11.8 Å². The Balaban J connectivity index is 1.93. The van der Waals surface area contributed by atoms with E-state index in [1.54, 1.807) is 6.07 Å². The van der Waals surface area contributed by atoms with Crippen molar-refractivity contribution < 1.29 is 32.7 Å². The fourth-order valence-electron chi connectivity index (χ4n) is 2.76. The molecule has 0 aliphatic carbocycles. The monoisotopic (exact) mass is 395 g/mol. The Kier molecular flexibility index (Phi) is 4.97. The first-order valence-corrected chi connectivity index (χ1v) is 8.60. The fraction of sp³-hybridized carbons (Fsp3) is 0.167. The molecule has 1 N–H and O–H groups in total. The number of imide groups is 1. The maximum absolute atomic E-state index is 13.2. The number of hydrogen-bond acceptors (Lipinski definition) is 4. The number of carboxylic acids is 1. The lowest BCUT2D eigenvalue weighted by Gasteiger charge is -2.20. The third-order valence-electron chi connectivity index (χ3n) is 3.94. The van der Waals surface area contributed by atoms with Crippen molar-refractivity contribution in [2.75, 3.05) is 4.90 Å². The number of alkyl halides is 3. The summed E-state index contributed by atoms with van der Waals surface area (Å²) in [4.78, 5) is 37.0. The number of amides is 2. The summed E-state index contributed by atoms with van der Waals surface area (Å²) in [6, 6.07) is 10.3. The number of rotatable bonds is 4. The highest BCUT2D eigenvalue weighted by molar-refractivity contribution is 8.00. The minimum Gasteiger partial charge on any atom is -0.478 e. The molecule has 1 saturated heterocycles. The van der Waals surface area contributed by atoms with Gasteiger partial charge in [0, 0.05) is 11.3 Å². The summed E-state index contributed by atoms with van der Waals surface area (Å²) in [5, 5.41) is 8.21. The molecule has 5 nitrogen and oxygen atoms in total. The zero-order chi connectivity index (χ0) is 19.8. The highest BCUT2D eigenvalue weighted by atomic mass is 32.2. The average molecular weight is 395 g/mol. The van der Waals surface area contributed by atoms with E-state index in [9.17, 15) is 32.7 Å². The second kappa shape index (κ2) is 7.07. The third-order valence-corrected chi connectivity index (χ3v) is 5.21. The van der Waals surface area contributed by atoms with Crippen LogP contribution in [0.15, 0.2) is 53.4 Å². The van der Waals surface area contributed by atoms with Gasteiger partial charge < -0.3 is 5.11 Å². The van der Waals surface area contributed by atoms with Crippen molar-refractivity contribution in [3.05, 3.63) is 59.7 Å². The van der Waals surface area contributed by atoms with E-state index in [-0.39, 0.29) is 16.9 Å². The van der Waals surface area contributed by atoms with E-state index >= 15 is 0 Å². The molecule has 140 valence electrons. The van der Waals surface area contributed by atoms with Gasteiger partial charge in [0.1, 0.15) is 0 Å². The number of thioether (sulfide) groups is 1. The molecule has 2 aromatic rings. The van der Waals surface area contributed by atoms with Gasteiger partial charge in [-0.2, -0.15) is 13.2 Å². The molecule has 1 atom stereocenters. The summed E-state index contributed by atoms with van der Waals surface area (Å²) in [7, 11) is 0. The van der Waals surface area contributed by atoms with E-state index in [4.69, 9.17) is 0 Å². The molecule has 0 unspecified atom stereocenters. The molecule has 1 heterocycles. The number of aromatic carboxylic acids is 1. The SMILES string of the molecule is O=C(O)c1ccccc1S[C@H]1CC(=O)N(c2ccccc2C(F)(F)F)C1=O. The molecule has 2 aromatic carbocycles. The molecule has 0 bridgehead atoms. The Morgan fingerprint density at radius 3 is 2.37 bits per heavy atom. The first kappa shape index (κ1) is 19.0. The van der Waals surface area contributed by atoms with E-state index in [1.807, 2.05) is 0 Å². The molecular formula is C18H12F3NO4S. The molecule has 0 saturated carbocycles. The normalized spacial score (nSPS) is 17.4. The van der Waals surface area contributed by atoms with Crippen LogP contribution in [-0.4, -0.2) is 28.1 Å². The van der Waals surface area contributed by atoms with E-state index < -0.39 is 40.5 Å². The van der Waals surface area contributed by atoms with Gasteiger partial charge in [-0.3, -0.25) is 9.59 Å². The molecule has 0 aromatic heterocycles. The standard InChI is InChI=1S/C18H12F3NO4S/c19-18(20,21)11-6-2-3-7-12(11)22-15(23)9-14(16(22)24)27-13-8-4-1-5-10(13)17(25)26/h1-8,14H,9H2,(H,25,26)/t14-/m0/s1. The first-order valence-electron chi connectivity index (χ1n) is 7.72. The number of carbonyl (C=O) groups excluding carboxylic acids is 2. The van der Waals surface area contributed by atoms with Crippen LogP contribution in [0.2, 0.25) is 0 Å². The number of halogens is 3. The minimum atomic E-state index is -4.72. The Hall–Kier alpha value is -2.81. The van der Waals surface area contributed by atoms with Crippen molar-refractivity contribution in [2.45, 2.75) is 22.7 Å². The van der Waals surface area contributed by atoms with Gasteiger partial charge in [0.05, 0.1) is 22.1 Å². The van der Waals surface area contributed by atoms with Crippen molar-refractivity contribution in [3.63, 3.8) is 0 Å². The van der Waals surface area contributed by atoms with Crippen LogP contribution in [0.3, 0.4) is 0 Å². The van der Waals surface area contributed by atoms with Crippen molar-refractivity contribution in [3.8, 4) is 0 Å². The van der Waals surface area contributed by atoms with Crippen LogP contribution in [-0.2, 0) is 15.8 Å². The van der Waals surface area contributed by atoms with E-state index in [2.05, 4.69) is 0 Å². The predicted molar refractivity (Wildman–Crippen MR) is 91.6 cm³/mol. The molecule has 1 fully saturated rings. The van der Waals surface area contributed by atoms with Crippen molar-refractivity contribution in [2.24, 2.45) is 0 Å². The van der Waals surface area contributed by atoms with Crippen LogP contribution in [0.25, 0.3) is 0 Å². The number of anilines is 1. The number of carbonyl (C=O) groups is 3. The molecule has 9 heteroatoms. The Morgan fingerprint density at radius 1 is 1.07 bits per heavy atom. The predicted octanol–water partition coefficient (Wildman–Crippen LogP) is 3.83. The van der Waals surface area contributed by atoms with E-state index in [1.165, 1.54) is 30.3 Å². The summed E-state index contributed by atoms with van der Waals surface area (Å²) in [6.45, 7) is 0. The van der Waals surface area contributed by atoms with Gasteiger partial charge in [0.15, 0.2) is 0 Å². The fourth-order valence-corrected chi connectivity index (χ4v) is 3.94. The van der Waals surface area contributed by atoms with Crippen molar-refractivity contribution in [1.29, 1.82) is 0 Å². The van der Waals surface area contributed by atoms with Gasteiger partial charge in [0.25, 0.3) is 0 Å². The van der Waals surface area contributed by atoms with Gasteiger partial charge in [-0.25, -0.2) is 9.69 Å². The first-order chi connectivity index (χ1) is 12.7. The number of hydrogen-bond donors (Lipinski definition) is 1. The molecule has 1 aliphatic heterocycles. The van der Waals surface area contributed by atoms with Gasteiger partial charge in [-0.1, -0.05) is 24.3 Å². The zero-order valence-corrected chi connectivity index (χ0v) is 14.4. The molecule has 27 heavy (non-hydrogen) atoms. The van der Waals surface area contributed by atoms with Crippen LogP contribution < -0.4 is 4.90 Å². The number of carboxylic acid groups (broad SMARTS) is 1. The molecule has 1 aliphatic rings. The molecular weight excluding hydrogens is 383 g/mol. The summed E-state index contributed by atoms with van der Waals surface area (Å²) in [5.74, 6) is -2.77. The van der Waals surface area contributed by atoms with Crippen molar-refractivity contribution in [1.82, 2.24) is 0 Å². The smallest absolute Gasteiger partial charge is 0.418 e. The summed E-state index contributed by atoms with van der Waals surface area (Å²) >= 11 is 0.856.